The van der Waals surface area contributed by atoms with Crippen LogP contribution in [0.1, 0.15) is 34.1 Å². The minimum Gasteiger partial charge on any atom is -0.460 e. The zero-order valence-corrected chi connectivity index (χ0v) is 12.5. The summed E-state index contributed by atoms with van der Waals surface area (Å²) in [6.45, 7) is 6.97. The van der Waals surface area contributed by atoms with E-state index in [-0.39, 0.29) is 13.0 Å². The number of imide groups is 1. The number of nitrogens with one attached hydrogen (secondary N) is 2. The molecule has 0 aromatic rings. The lowest BCUT2D eigenvalue weighted by atomic mass is 9.88. The number of carbonyl (C=O) groups excluding carboxylic acids is 3. The fourth-order valence-corrected chi connectivity index (χ4v) is 2.09. The van der Waals surface area contributed by atoms with E-state index in [1.54, 1.807) is 27.7 Å². The maximum Gasteiger partial charge on any atom is 0.322 e. The second-order valence-corrected chi connectivity index (χ2v) is 6.06. The molecule has 7 heteroatoms. The number of rotatable bonds is 5. The van der Waals surface area contributed by atoms with Gasteiger partial charge in [0, 0.05) is 7.11 Å². The Morgan fingerprint density at radius 2 is 1.95 bits per heavy atom. The molecule has 3 amide bonds. The van der Waals surface area contributed by atoms with Crippen molar-refractivity contribution < 1.29 is 23.9 Å². The minimum absolute atomic E-state index is 0.00227. The summed E-state index contributed by atoms with van der Waals surface area (Å²) in [4.78, 5) is 35.2. The molecule has 0 aromatic heterocycles. The number of hydrogen-bond acceptors (Lipinski definition) is 5. The predicted molar refractivity (Wildman–Crippen MR) is 70.9 cm³/mol. The first-order chi connectivity index (χ1) is 9.09. The molecule has 2 atom stereocenters. The molecule has 20 heavy (non-hydrogen) atoms. The van der Waals surface area contributed by atoms with E-state index in [0.29, 0.717) is 0 Å². The standard InChI is InChI=1S/C13H22N2O5/c1-8(9(16)20-12(2,3)4)6-13(7-19-5)10(17)14-11(18)15-13/h8H,6-7H2,1-5H3,(H2,14,15,17,18). The van der Waals surface area contributed by atoms with Gasteiger partial charge in [0.05, 0.1) is 12.5 Å². The van der Waals surface area contributed by atoms with Gasteiger partial charge in [0.2, 0.25) is 0 Å². The van der Waals surface area contributed by atoms with Gasteiger partial charge >= 0.3 is 12.0 Å². The summed E-state index contributed by atoms with van der Waals surface area (Å²) in [5, 5.41) is 4.70. The van der Waals surface area contributed by atoms with Gasteiger partial charge in [0.25, 0.3) is 5.91 Å². The Morgan fingerprint density at radius 3 is 2.35 bits per heavy atom. The predicted octanol–water partition coefficient (Wildman–Crippen LogP) is 0.579. The molecule has 114 valence electrons. The van der Waals surface area contributed by atoms with Crippen LogP contribution in [0.2, 0.25) is 0 Å². The zero-order valence-electron chi connectivity index (χ0n) is 12.5. The van der Waals surface area contributed by atoms with Gasteiger partial charge in [-0.05, 0) is 27.2 Å². The molecule has 1 aliphatic heterocycles. The molecule has 1 rings (SSSR count). The highest BCUT2D eigenvalue weighted by molar-refractivity contribution is 6.07. The van der Waals surface area contributed by atoms with Gasteiger partial charge in [-0.25, -0.2) is 4.79 Å². The van der Waals surface area contributed by atoms with Crippen molar-refractivity contribution in [1.29, 1.82) is 0 Å². The maximum atomic E-state index is 12.0. The van der Waals surface area contributed by atoms with E-state index in [2.05, 4.69) is 10.6 Å². The molecule has 0 saturated carbocycles. The molecule has 1 fully saturated rings. The molecule has 0 spiro atoms. The third kappa shape index (κ3) is 3.93. The van der Waals surface area contributed by atoms with Crippen LogP contribution in [0.4, 0.5) is 4.79 Å². The van der Waals surface area contributed by atoms with Gasteiger partial charge in [-0.1, -0.05) is 6.92 Å². The number of carbonyl (C=O) groups is 3. The van der Waals surface area contributed by atoms with Crippen LogP contribution in [0.25, 0.3) is 0 Å². The van der Waals surface area contributed by atoms with Crippen molar-refractivity contribution in [1.82, 2.24) is 10.6 Å². The second kappa shape index (κ2) is 5.78. The van der Waals surface area contributed by atoms with Gasteiger partial charge in [-0.15, -0.1) is 0 Å². The fourth-order valence-electron chi connectivity index (χ4n) is 2.09. The van der Waals surface area contributed by atoms with Gasteiger partial charge in [-0.2, -0.15) is 0 Å². The number of hydrogen-bond donors (Lipinski definition) is 2. The van der Waals surface area contributed by atoms with Gasteiger partial charge in [-0.3, -0.25) is 14.9 Å². The van der Waals surface area contributed by atoms with Crippen molar-refractivity contribution in [3.8, 4) is 0 Å². The summed E-state index contributed by atoms with van der Waals surface area (Å²) in [5.41, 5.74) is -1.82. The van der Waals surface area contributed by atoms with Crippen LogP contribution < -0.4 is 10.6 Å². The van der Waals surface area contributed by atoms with Gasteiger partial charge in [0.1, 0.15) is 11.1 Å². The highest BCUT2D eigenvalue weighted by Gasteiger charge is 2.48. The molecule has 1 aliphatic rings. The average molecular weight is 286 g/mol. The number of amides is 3. The summed E-state index contributed by atoms with van der Waals surface area (Å²) < 4.78 is 10.3. The van der Waals surface area contributed by atoms with Crippen LogP contribution in [-0.4, -0.2) is 42.8 Å². The summed E-state index contributed by atoms with van der Waals surface area (Å²) in [6, 6.07) is -0.580. The number of esters is 1. The van der Waals surface area contributed by atoms with Gasteiger partial charge in [0.15, 0.2) is 0 Å². The molecular weight excluding hydrogens is 264 g/mol. The highest BCUT2D eigenvalue weighted by Crippen LogP contribution is 2.23. The van der Waals surface area contributed by atoms with Crippen LogP contribution in [0.15, 0.2) is 0 Å². The average Bonchev–Trinajstić information content (AvgIpc) is 2.51. The molecule has 7 nitrogen and oxygen atoms in total. The Bertz CT molecular complexity index is 415. The van der Waals surface area contributed by atoms with E-state index < -0.39 is 35.0 Å². The lowest BCUT2D eigenvalue weighted by Gasteiger charge is -2.29. The molecule has 1 saturated heterocycles. The van der Waals surface area contributed by atoms with Crippen LogP contribution in [0.3, 0.4) is 0 Å². The first kappa shape index (κ1) is 16.4. The smallest absolute Gasteiger partial charge is 0.322 e. The molecule has 2 N–H and O–H groups in total. The Kier molecular flexibility index (Phi) is 4.75. The number of ether oxygens (including phenoxy) is 2. The Morgan fingerprint density at radius 1 is 1.35 bits per heavy atom. The monoisotopic (exact) mass is 286 g/mol. The van der Waals surface area contributed by atoms with Crippen LogP contribution in [-0.2, 0) is 19.1 Å². The van der Waals surface area contributed by atoms with E-state index >= 15 is 0 Å². The van der Waals surface area contributed by atoms with E-state index in [1.165, 1.54) is 7.11 Å². The normalized spacial score (nSPS) is 24.1. The van der Waals surface area contributed by atoms with E-state index in [4.69, 9.17) is 9.47 Å². The van der Waals surface area contributed by atoms with Crippen molar-refractivity contribution in [3.05, 3.63) is 0 Å². The third-order valence-corrected chi connectivity index (χ3v) is 2.87. The van der Waals surface area contributed by atoms with Crippen molar-refractivity contribution in [2.45, 2.75) is 45.3 Å². The SMILES string of the molecule is COCC1(CC(C)C(=O)OC(C)(C)C)NC(=O)NC1=O. The molecule has 0 radical (unpaired) electrons. The lowest BCUT2D eigenvalue weighted by molar-refractivity contribution is -0.160. The topological polar surface area (TPSA) is 93.7 Å². The quantitative estimate of drug-likeness (QED) is 0.569. The number of urea groups is 1. The van der Waals surface area contributed by atoms with Crippen molar-refractivity contribution in [3.63, 3.8) is 0 Å². The second-order valence-electron chi connectivity index (χ2n) is 6.06. The summed E-state index contributed by atoms with van der Waals surface area (Å²) in [6.07, 6.45) is 0.118. The Hall–Kier alpha value is -1.63. The van der Waals surface area contributed by atoms with Crippen molar-refractivity contribution in [2.75, 3.05) is 13.7 Å². The van der Waals surface area contributed by atoms with Crippen LogP contribution in [0, 0.1) is 5.92 Å². The summed E-state index contributed by atoms with van der Waals surface area (Å²) in [7, 11) is 1.43. The Labute approximate surface area is 118 Å². The first-order valence-electron chi connectivity index (χ1n) is 6.45. The van der Waals surface area contributed by atoms with Crippen molar-refractivity contribution >= 4 is 17.9 Å². The fraction of sp³-hybridized carbons (Fsp3) is 0.769. The number of methoxy groups -OCH3 is 1. The van der Waals surface area contributed by atoms with Crippen molar-refractivity contribution in [2.24, 2.45) is 5.92 Å². The Balaban J connectivity index is 2.79. The molecular formula is C13H22N2O5. The first-order valence-corrected chi connectivity index (χ1v) is 6.45. The summed E-state index contributed by atoms with van der Waals surface area (Å²) in [5.74, 6) is -1.45. The van der Waals surface area contributed by atoms with Crippen LogP contribution in [0.5, 0.6) is 0 Å². The molecule has 2 unspecified atom stereocenters. The molecule has 0 aromatic carbocycles. The maximum absolute atomic E-state index is 12.0. The summed E-state index contributed by atoms with van der Waals surface area (Å²) >= 11 is 0. The zero-order chi connectivity index (χ0) is 15.6. The third-order valence-electron chi connectivity index (χ3n) is 2.87. The largest absolute Gasteiger partial charge is 0.460 e. The molecule has 1 heterocycles. The molecule has 0 bridgehead atoms. The molecule has 0 aliphatic carbocycles. The lowest BCUT2D eigenvalue weighted by Crippen LogP contribution is -2.52. The van der Waals surface area contributed by atoms with Crippen LogP contribution >= 0.6 is 0 Å². The van der Waals surface area contributed by atoms with E-state index in [1.807, 2.05) is 0 Å². The highest BCUT2D eigenvalue weighted by atomic mass is 16.6. The van der Waals surface area contributed by atoms with Gasteiger partial charge < -0.3 is 14.8 Å². The van der Waals surface area contributed by atoms with E-state index in [0.717, 1.165) is 0 Å². The van der Waals surface area contributed by atoms with E-state index in [9.17, 15) is 14.4 Å². The minimum atomic E-state index is -1.22.